The van der Waals surface area contributed by atoms with Crippen molar-refractivity contribution in [3.63, 3.8) is 0 Å². The Bertz CT molecular complexity index is 208. The summed E-state index contributed by atoms with van der Waals surface area (Å²) in [5.41, 5.74) is 0.238. The van der Waals surface area contributed by atoms with Crippen LogP contribution in [0.5, 0.6) is 0 Å². The Morgan fingerprint density at radius 3 is 2.56 bits per heavy atom. The van der Waals surface area contributed by atoms with E-state index in [2.05, 4.69) is 18.3 Å². The fourth-order valence-electron chi connectivity index (χ4n) is 1.46. The summed E-state index contributed by atoms with van der Waals surface area (Å²) < 4.78 is 0. The first-order valence-corrected chi connectivity index (χ1v) is 6.14. The van der Waals surface area contributed by atoms with E-state index in [1.165, 1.54) is 5.57 Å². The molecule has 16 heavy (non-hydrogen) atoms. The molecule has 0 aromatic carbocycles. The van der Waals surface area contributed by atoms with Crippen molar-refractivity contribution in [2.45, 2.75) is 58.7 Å². The zero-order valence-electron chi connectivity index (χ0n) is 11.1. The van der Waals surface area contributed by atoms with Crippen LogP contribution in [0.15, 0.2) is 11.6 Å². The van der Waals surface area contributed by atoms with E-state index >= 15 is 0 Å². The fourth-order valence-corrected chi connectivity index (χ4v) is 1.46. The highest BCUT2D eigenvalue weighted by Gasteiger charge is 2.28. The molecule has 0 amide bonds. The number of aliphatic hydroxyl groups excluding tert-OH is 1. The molecule has 3 nitrogen and oxygen atoms in total. The van der Waals surface area contributed by atoms with Gasteiger partial charge >= 0.3 is 0 Å². The summed E-state index contributed by atoms with van der Waals surface area (Å²) >= 11 is 0. The SMILES string of the molecule is CCCNCC(O)C(C)(O)CCC=C(C)C. The van der Waals surface area contributed by atoms with Crippen molar-refractivity contribution >= 4 is 0 Å². The summed E-state index contributed by atoms with van der Waals surface area (Å²) in [6.45, 7) is 9.18. The highest BCUT2D eigenvalue weighted by Crippen LogP contribution is 2.17. The van der Waals surface area contributed by atoms with E-state index in [1.54, 1.807) is 6.92 Å². The molecule has 0 aliphatic carbocycles. The minimum atomic E-state index is -1.01. The van der Waals surface area contributed by atoms with E-state index in [4.69, 9.17) is 0 Å². The first kappa shape index (κ1) is 15.6. The van der Waals surface area contributed by atoms with Gasteiger partial charge in [-0.1, -0.05) is 18.6 Å². The highest BCUT2D eigenvalue weighted by molar-refractivity contribution is 4.95. The normalized spacial score (nSPS) is 16.6. The van der Waals surface area contributed by atoms with Gasteiger partial charge in [0.2, 0.25) is 0 Å². The van der Waals surface area contributed by atoms with Crippen LogP contribution in [-0.2, 0) is 0 Å². The first-order valence-electron chi connectivity index (χ1n) is 6.14. The molecule has 2 unspecified atom stereocenters. The highest BCUT2D eigenvalue weighted by atomic mass is 16.3. The standard InChI is InChI=1S/C13H27NO2/c1-5-9-14-10-12(15)13(4,16)8-6-7-11(2)3/h7,12,14-16H,5-6,8-10H2,1-4H3. The van der Waals surface area contributed by atoms with Gasteiger partial charge in [-0.2, -0.15) is 0 Å². The number of hydrogen-bond donors (Lipinski definition) is 3. The van der Waals surface area contributed by atoms with Gasteiger partial charge in [-0.3, -0.25) is 0 Å². The minimum absolute atomic E-state index is 0.454. The smallest absolute Gasteiger partial charge is 0.0948 e. The molecule has 0 aliphatic rings. The second-order valence-electron chi connectivity index (χ2n) is 4.90. The maximum Gasteiger partial charge on any atom is 0.0948 e. The molecule has 0 spiro atoms. The number of aliphatic hydroxyl groups is 2. The average molecular weight is 229 g/mol. The van der Waals surface area contributed by atoms with Crippen molar-refractivity contribution < 1.29 is 10.2 Å². The summed E-state index contributed by atoms with van der Waals surface area (Å²) in [5, 5.41) is 23.0. The van der Waals surface area contributed by atoms with Gasteiger partial charge in [0.15, 0.2) is 0 Å². The lowest BCUT2D eigenvalue weighted by Crippen LogP contribution is -2.45. The number of rotatable bonds is 8. The van der Waals surface area contributed by atoms with Crippen LogP contribution in [0, 0.1) is 0 Å². The van der Waals surface area contributed by atoms with Crippen LogP contribution in [0.25, 0.3) is 0 Å². The van der Waals surface area contributed by atoms with E-state index < -0.39 is 11.7 Å². The van der Waals surface area contributed by atoms with Crippen LogP contribution in [0.2, 0.25) is 0 Å². The zero-order valence-corrected chi connectivity index (χ0v) is 11.1. The Morgan fingerprint density at radius 2 is 2.06 bits per heavy atom. The molecular weight excluding hydrogens is 202 g/mol. The predicted octanol–water partition coefficient (Wildman–Crippen LogP) is 1.84. The molecule has 96 valence electrons. The molecule has 0 fully saturated rings. The van der Waals surface area contributed by atoms with E-state index in [-0.39, 0.29) is 0 Å². The van der Waals surface area contributed by atoms with Crippen LogP contribution >= 0.6 is 0 Å². The van der Waals surface area contributed by atoms with Crippen molar-refractivity contribution in [2.75, 3.05) is 13.1 Å². The Hall–Kier alpha value is -0.380. The Kier molecular flexibility index (Phi) is 7.64. The van der Waals surface area contributed by atoms with Gasteiger partial charge < -0.3 is 15.5 Å². The third-order valence-corrected chi connectivity index (χ3v) is 2.69. The van der Waals surface area contributed by atoms with E-state index in [0.29, 0.717) is 13.0 Å². The Labute approximate surface area is 99.6 Å². The van der Waals surface area contributed by atoms with E-state index in [0.717, 1.165) is 19.4 Å². The van der Waals surface area contributed by atoms with Crippen LogP contribution in [-0.4, -0.2) is 35.0 Å². The number of nitrogens with one attached hydrogen (secondary N) is 1. The quantitative estimate of drug-likeness (QED) is 0.440. The molecule has 0 saturated heterocycles. The Balaban J connectivity index is 3.94. The summed E-state index contributed by atoms with van der Waals surface area (Å²) in [5.74, 6) is 0. The summed E-state index contributed by atoms with van der Waals surface area (Å²) in [6, 6.07) is 0. The largest absolute Gasteiger partial charge is 0.389 e. The van der Waals surface area contributed by atoms with Crippen LogP contribution in [0.3, 0.4) is 0 Å². The lowest BCUT2D eigenvalue weighted by molar-refractivity contribution is -0.0645. The van der Waals surface area contributed by atoms with E-state index in [1.807, 2.05) is 13.8 Å². The lowest BCUT2D eigenvalue weighted by Gasteiger charge is -2.29. The molecule has 0 saturated carbocycles. The number of hydrogen-bond acceptors (Lipinski definition) is 3. The van der Waals surface area contributed by atoms with Gasteiger partial charge in [0, 0.05) is 6.54 Å². The van der Waals surface area contributed by atoms with Gasteiger partial charge in [0.25, 0.3) is 0 Å². The zero-order chi connectivity index (χ0) is 12.6. The molecule has 3 heteroatoms. The van der Waals surface area contributed by atoms with Crippen molar-refractivity contribution in [3.8, 4) is 0 Å². The number of allylic oxidation sites excluding steroid dienone is 2. The maximum absolute atomic E-state index is 10.1. The van der Waals surface area contributed by atoms with Gasteiger partial charge in [-0.15, -0.1) is 0 Å². The average Bonchev–Trinajstić information content (AvgIpc) is 2.17. The van der Waals surface area contributed by atoms with Crippen molar-refractivity contribution in [2.24, 2.45) is 0 Å². The summed E-state index contributed by atoms with van der Waals surface area (Å²) in [4.78, 5) is 0. The van der Waals surface area contributed by atoms with Crippen LogP contribution in [0.4, 0.5) is 0 Å². The van der Waals surface area contributed by atoms with Gasteiger partial charge in [0.05, 0.1) is 11.7 Å². The lowest BCUT2D eigenvalue weighted by atomic mass is 9.93. The van der Waals surface area contributed by atoms with Crippen LogP contribution < -0.4 is 5.32 Å². The fraction of sp³-hybridized carbons (Fsp3) is 0.846. The third-order valence-electron chi connectivity index (χ3n) is 2.69. The van der Waals surface area contributed by atoms with Crippen molar-refractivity contribution in [3.05, 3.63) is 11.6 Å². The molecule has 0 bridgehead atoms. The molecule has 0 rings (SSSR count). The monoisotopic (exact) mass is 229 g/mol. The molecule has 0 aromatic rings. The van der Waals surface area contributed by atoms with E-state index in [9.17, 15) is 10.2 Å². The Morgan fingerprint density at radius 1 is 1.44 bits per heavy atom. The second-order valence-corrected chi connectivity index (χ2v) is 4.90. The van der Waals surface area contributed by atoms with Crippen molar-refractivity contribution in [1.29, 1.82) is 0 Å². The molecule has 0 radical (unpaired) electrons. The van der Waals surface area contributed by atoms with Gasteiger partial charge in [-0.05, 0) is 46.6 Å². The summed E-state index contributed by atoms with van der Waals surface area (Å²) in [6.07, 6.45) is 3.81. The van der Waals surface area contributed by atoms with Crippen LogP contribution in [0.1, 0.15) is 47.0 Å². The third kappa shape index (κ3) is 6.99. The van der Waals surface area contributed by atoms with Gasteiger partial charge in [-0.25, -0.2) is 0 Å². The predicted molar refractivity (Wildman–Crippen MR) is 68.5 cm³/mol. The molecular formula is C13H27NO2. The van der Waals surface area contributed by atoms with Gasteiger partial charge in [0.1, 0.15) is 0 Å². The summed E-state index contributed by atoms with van der Waals surface area (Å²) in [7, 11) is 0. The molecule has 0 heterocycles. The maximum atomic E-state index is 10.1. The molecule has 0 aliphatic heterocycles. The molecule has 0 aromatic heterocycles. The second kappa shape index (κ2) is 7.82. The molecule has 3 N–H and O–H groups in total. The van der Waals surface area contributed by atoms with Crippen molar-refractivity contribution in [1.82, 2.24) is 5.32 Å². The topological polar surface area (TPSA) is 52.5 Å². The minimum Gasteiger partial charge on any atom is -0.389 e. The molecule has 2 atom stereocenters. The first-order chi connectivity index (χ1) is 7.40.